The van der Waals surface area contributed by atoms with Crippen LogP contribution in [-0.4, -0.2) is 38.4 Å². The van der Waals surface area contributed by atoms with E-state index in [1.165, 1.54) is 33.9 Å². The van der Waals surface area contributed by atoms with Crippen molar-refractivity contribution in [1.82, 2.24) is 24.8 Å². The Morgan fingerprint density at radius 3 is 2.24 bits per heavy atom. The van der Waals surface area contributed by atoms with Crippen molar-refractivity contribution in [2.24, 2.45) is 0 Å². The predicted molar refractivity (Wildman–Crippen MR) is 180 cm³/mol. The zero-order valence-electron chi connectivity index (χ0n) is 27.1. The molecule has 0 amide bonds. The molecule has 1 fully saturated rings. The van der Waals surface area contributed by atoms with E-state index >= 15 is 0 Å². The van der Waals surface area contributed by atoms with Crippen molar-refractivity contribution in [3.05, 3.63) is 93.2 Å². The molecule has 1 aliphatic heterocycles. The van der Waals surface area contributed by atoms with Crippen LogP contribution < -0.4 is 0 Å². The number of benzene rings is 3. The van der Waals surface area contributed by atoms with E-state index in [4.69, 9.17) is 4.98 Å². The summed E-state index contributed by atoms with van der Waals surface area (Å²) in [6.07, 6.45) is 8.28. The molecule has 2 aromatic heterocycles. The molecule has 5 nitrogen and oxygen atoms in total. The molecule has 2 N–H and O–H groups in total. The maximum absolute atomic E-state index is 4.75. The summed E-state index contributed by atoms with van der Waals surface area (Å²) in [6, 6.07) is 19.9. The first-order valence-corrected chi connectivity index (χ1v) is 15.1. The minimum atomic E-state index is 0. The smallest absolute Gasteiger partial charge is 0.368 e. The fraction of sp³-hybridized carbons (Fsp3) is 0.361. The van der Waals surface area contributed by atoms with Crippen molar-refractivity contribution in [1.29, 1.82) is 0 Å². The first kappa shape index (κ1) is 37.6. The van der Waals surface area contributed by atoms with Gasteiger partial charge in [0.15, 0.2) is 0 Å². The number of rotatable bonds is 6. The fourth-order valence-corrected chi connectivity index (χ4v) is 5.23. The van der Waals surface area contributed by atoms with Crippen molar-refractivity contribution in [2.75, 3.05) is 13.6 Å². The first-order valence-electron chi connectivity index (χ1n) is 15.1. The number of likely N-dealkylation sites (tertiary alicyclic amines) is 1. The molecule has 1 atom stereocenters. The third-order valence-corrected chi connectivity index (χ3v) is 7.00. The average Bonchev–Trinajstić information content (AvgIpc) is 3.77. The average molecular weight is 642 g/mol. The number of unbranched alkanes of at least 4 members (excludes halogenated alkanes) is 1. The summed E-state index contributed by atoms with van der Waals surface area (Å²) in [4.78, 5) is 18.9. The van der Waals surface area contributed by atoms with Gasteiger partial charge in [-0.1, -0.05) is 84.0 Å². The Labute approximate surface area is 280 Å². The van der Waals surface area contributed by atoms with E-state index in [1.54, 1.807) is 0 Å². The molecule has 3 aromatic carbocycles. The van der Waals surface area contributed by atoms with Crippen LogP contribution in [0.5, 0.6) is 0 Å². The number of nitrogens with one attached hydrogen (secondary N) is 2. The summed E-state index contributed by atoms with van der Waals surface area (Å²) in [5, 5.41) is 2.46. The van der Waals surface area contributed by atoms with Crippen LogP contribution in [0.3, 0.4) is 0 Å². The molecule has 5 aromatic rings. The van der Waals surface area contributed by atoms with Gasteiger partial charge in [0, 0.05) is 5.56 Å². The summed E-state index contributed by atoms with van der Waals surface area (Å²) in [7, 11) is 2.18. The minimum Gasteiger partial charge on any atom is -0.368 e. The summed E-state index contributed by atoms with van der Waals surface area (Å²) >= 11 is 0. The van der Waals surface area contributed by atoms with Gasteiger partial charge < -0.3 is 30.7 Å². The number of nitrogens with zero attached hydrogens (tertiary/aromatic N) is 3. The van der Waals surface area contributed by atoms with Crippen LogP contribution in [0.1, 0.15) is 84.9 Å². The zero-order valence-corrected chi connectivity index (χ0v) is 29.9. The Bertz CT molecular complexity index is 1470. The summed E-state index contributed by atoms with van der Waals surface area (Å²) < 4.78 is 0. The largest absolute Gasteiger partial charge is 3.00 e. The van der Waals surface area contributed by atoms with Gasteiger partial charge >= 0.3 is 32.7 Å². The standard InChI is InChI=1S/C29H29N5.3C2H6.CH3.Y/c1-3-4-13-28-31-24-15-14-19(17-25(24)32-28)20-8-5-10-22-21(20)9-6-11-23(22)26-18-30-29(33-26)27-12-7-16-34(27)2;3*1-2;;/h5-6,8-11,13-15,17-18,27H,1,3-4,7,12,16H2,2H3,(H,30,33)(H,31,32);3*1-2H3;1H3;/q-2;;;;-1;+3. The quantitative estimate of drug-likeness (QED) is 0.181. The van der Waals surface area contributed by atoms with Crippen molar-refractivity contribution >= 4 is 21.8 Å². The molecular formula is C36H50N5Y. The van der Waals surface area contributed by atoms with Crippen LogP contribution in [0.25, 0.3) is 44.2 Å². The molecule has 0 aliphatic carbocycles. The van der Waals surface area contributed by atoms with Crippen LogP contribution in [0, 0.1) is 20.8 Å². The van der Waals surface area contributed by atoms with E-state index in [9.17, 15) is 0 Å². The number of hydrogen-bond donors (Lipinski definition) is 2. The van der Waals surface area contributed by atoms with Crippen molar-refractivity contribution < 1.29 is 32.7 Å². The molecule has 1 saturated heterocycles. The van der Waals surface area contributed by atoms with Gasteiger partial charge in [-0.3, -0.25) is 9.88 Å². The van der Waals surface area contributed by atoms with Crippen LogP contribution >= 0.6 is 0 Å². The third kappa shape index (κ3) is 8.33. The molecule has 1 aliphatic rings. The molecule has 42 heavy (non-hydrogen) atoms. The van der Waals surface area contributed by atoms with Crippen molar-refractivity contribution in [3.8, 4) is 22.4 Å². The van der Waals surface area contributed by atoms with Gasteiger partial charge in [-0.2, -0.15) is 6.42 Å². The third-order valence-electron chi connectivity index (χ3n) is 7.00. The molecule has 0 bridgehead atoms. The molecule has 3 heterocycles. The summed E-state index contributed by atoms with van der Waals surface area (Å²) in [5.74, 6) is 1.98. The maximum atomic E-state index is 4.75. The molecule has 222 valence electrons. The number of hydrogen-bond acceptors (Lipinski definition) is 3. The predicted octanol–water partition coefficient (Wildman–Crippen LogP) is 10.2. The number of imidazole rings is 2. The molecule has 0 spiro atoms. The Morgan fingerprint density at radius 2 is 1.60 bits per heavy atom. The minimum absolute atomic E-state index is 0. The number of aromatic nitrogens is 4. The van der Waals surface area contributed by atoms with E-state index < -0.39 is 0 Å². The van der Waals surface area contributed by atoms with E-state index in [-0.39, 0.29) is 40.1 Å². The van der Waals surface area contributed by atoms with E-state index in [1.807, 2.05) is 47.7 Å². The first-order chi connectivity index (χ1) is 19.7. The zero-order chi connectivity index (χ0) is 29.1. The van der Waals surface area contributed by atoms with Crippen molar-refractivity contribution in [3.63, 3.8) is 0 Å². The fourth-order valence-electron chi connectivity index (χ4n) is 5.23. The molecule has 1 unspecified atom stereocenters. The monoisotopic (exact) mass is 641 g/mol. The SMILES string of the molecule is CC.CC.CC.[CH2-]CC[CH-]c1nc2ccc(-c3cccc4c(-c5cnc(C6CCCN6C)[nH]5)cccc34)cc2[nH]1.[CH3-].[Y+3]. The van der Waals surface area contributed by atoms with Crippen LogP contribution in [0.2, 0.25) is 0 Å². The van der Waals surface area contributed by atoms with Crippen LogP contribution in [0.15, 0.2) is 60.8 Å². The normalized spacial score (nSPS) is 13.9. The second-order valence-corrected chi connectivity index (χ2v) is 9.23. The molecule has 0 radical (unpaired) electrons. The molecule has 6 heteroatoms. The van der Waals surface area contributed by atoms with E-state index in [2.05, 4.69) is 94.8 Å². The number of fused-ring (bicyclic) bond motifs is 2. The molecular weight excluding hydrogens is 591 g/mol. The second kappa shape index (κ2) is 18.9. The summed E-state index contributed by atoms with van der Waals surface area (Å²) in [6.45, 7) is 17.0. The second-order valence-electron chi connectivity index (χ2n) is 9.23. The van der Waals surface area contributed by atoms with Gasteiger partial charge in [0.2, 0.25) is 0 Å². The van der Waals surface area contributed by atoms with Crippen LogP contribution in [0.4, 0.5) is 0 Å². The van der Waals surface area contributed by atoms with Gasteiger partial charge in [-0.05, 0) is 66.3 Å². The number of H-pyrrole nitrogens is 2. The Hall–Kier alpha value is -2.47. The van der Waals surface area contributed by atoms with E-state index in [0.29, 0.717) is 6.04 Å². The number of aromatic amines is 2. The molecule has 0 saturated carbocycles. The van der Waals surface area contributed by atoms with Gasteiger partial charge in [-0.15, -0.1) is 0 Å². The Morgan fingerprint density at radius 1 is 0.929 bits per heavy atom. The van der Waals surface area contributed by atoms with E-state index in [0.717, 1.165) is 54.2 Å². The maximum Gasteiger partial charge on any atom is 3.00 e. The summed E-state index contributed by atoms with van der Waals surface area (Å²) in [5.41, 5.74) is 6.70. The van der Waals surface area contributed by atoms with Gasteiger partial charge in [0.25, 0.3) is 0 Å². The Balaban J connectivity index is 0.00000104. The van der Waals surface area contributed by atoms with Crippen molar-refractivity contribution in [2.45, 2.75) is 73.3 Å². The van der Waals surface area contributed by atoms with Gasteiger partial charge in [0.05, 0.1) is 29.0 Å². The van der Waals surface area contributed by atoms with Gasteiger partial charge in [0.1, 0.15) is 5.82 Å². The van der Waals surface area contributed by atoms with Crippen LogP contribution in [-0.2, 0) is 32.7 Å². The topological polar surface area (TPSA) is 60.6 Å². The van der Waals surface area contributed by atoms with Gasteiger partial charge in [-0.25, -0.2) is 11.4 Å². The molecule has 6 rings (SSSR count). The Kier molecular flexibility index (Phi) is 16.9.